The molecule has 6 heteroatoms. The fraction of sp³-hybridized carbons (Fsp3) is 0.423. The molecule has 1 saturated heterocycles. The Hall–Kier alpha value is -2.50. The third kappa shape index (κ3) is 4.50. The summed E-state index contributed by atoms with van der Waals surface area (Å²) in [6.45, 7) is 8.01. The number of halogens is 1. The predicted octanol–water partition coefficient (Wildman–Crippen LogP) is 4.64. The van der Waals surface area contributed by atoms with E-state index in [9.17, 15) is 4.79 Å². The molecule has 5 nitrogen and oxygen atoms in total. The Morgan fingerprint density at radius 3 is 2.44 bits per heavy atom. The van der Waals surface area contributed by atoms with Gasteiger partial charge in [-0.3, -0.25) is 9.69 Å². The topological polar surface area (TPSA) is 42.6 Å². The van der Waals surface area contributed by atoms with Gasteiger partial charge in [0.2, 0.25) is 5.91 Å². The fourth-order valence-corrected chi connectivity index (χ4v) is 5.37. The second-order valence-electron chi connectivity index (χ2n) is 8.85. The Morgan fingerprint density at radius 1 is 0.969 bits per heavy atom. The van der Waals surface area contributed by atoms with Gasteiger partial charge in [0.1, 0.15) is 0 Å². The summed E-state index contributed by atoms with van der Waals surface area (Å²) >= 11 is 0. The molecule has 2 aliphatic heterocycles. The number of carbonyl (C=O) groups excluding carboxylic acids is 1. The summed E-state index contributed by atoms with van der Waals surface area (Å²) in [6, 6.07) is 19.4. The number of carbonyl (C=O) groups is 1. The van der Waals surface area contributed by atoms with Gasteiger partial charge in [-0.05, 0) is 49.6 Å². The zero-order valence-corrected chi connectivity index (χ0v) is 19.6. The molecule has 32 heavy (non-hydrogen) atoms. The zero-order chi connectivity index (χ0) is 21.2. The van der Waals surface area contributed by atoms with Crippen LogP contribution in [0.3, 0.4) is 0 Å². The standard InChI is InChI=1S/C26H32N4O.ClH/c1-20(31)30-15-13-23-22-10-5-6-11-24(22)27-26(23)25(30)12-7-14-28-16-18-29(19-17-28)21-8-3-2-4-9-21;/h2-6,8-11,25,27H,7,12-19H2,1H3;1H. The summed E-state index contributed by atoms with van der Waals surface area (Å²) in [5, 5.41) is 1.32. The molecule has 2 aromatic carbocycles. The Labute approximate surface area is 196 Å². The van der Waals surface area contributed by atoms with Crippen LogP contribution in [0.15, 0.2) is 54.6 Å². The number of rotatable bonds is 5. The second kappa shape index (κ2) is 9.97. The van der Waals surface area contributed by atoms with E-state index in [0.717, 1.165) is 58.5 Å². The number of benzene rings is 2. The smallest absolute Gasteiger partial charge is 0.220 e. The van der Waals surface area contributed by atoms with Crippen molar-refractivity contribution in [2.75, 3.05) is 44.2 Å². The van der Waals surface area contributed by atoms with Crippen LogP contribution in [0.2, 0.25) is 0 Å². The van der Waals surface area contributed by atoms with E-state index in [4.69, 9.17) is 0 Å². The molecule has 0 aliphatic carbocycles. The first-order chi connectivity index (χ1) is 15.2. The van der Waals surface area contributed by atoms with Crippen molar-refractivity contribution < 1.29 is 4.79 Å². The second-order valence-corrected chi connectivity index (χ2v) is 8.85. The summed E-state index contributed by atoms with van der Waals surface area (Å²) in [5.41, 5.74) is 5.19. The van der Waals surface area contributed by atoms with Crippen molar-refractivity contribution in [3.63, 3.8) is 0 Å². The van der Waals surface area contributed by atoms with Crippen LogP contribution in [0.25, 0.3) is 10.9 Å². The van der Waals surface area contributed by atoms with Crippen LogP contribution in [-0.2, 0) is 11.2 Å². The number of H-pyrrole nitrogens is 1. The Morgan fingerprint density at radius 2 is 1.69 bits per heavy atom. The van der Waals surface area contributed by atoms with Crippen molar-refractivity contribution in [1.29, 1.82) is 0 Å². The lowest BCUT2D eigenvalue weighted by Gasteiger charge is -2.38. The molecule has 5 rings (SSSR count). The highest BCUT2D eigenvalue weighted by Crippen LogP contribution is 2.37. The van der Waals surface area contributed by atoms with Crippen LogP contribution < -0.4 is 4.90 Å². The van der Waals surface area contributed by atoms with Gasteiger partial charge in [-0.25, -0.2) is 0 Å². The number of para-hydroxylation sites is 2. The van der Waals surface area contributed by atoms with E-state index >= 15 is 0 Å². The molecule has 170 valence electrons. The van der Waals surface area contributed by atoms with Crippen LogP contribution in [0.1, 0.15) is 37.1 Å². The van der Waals surface area contributed by atoms with E-state index in [1.807, 2.05) is 0 Å². The van der Waals surface area contributed by atoms with Crippen LogP contribution >= 0.6 is 12.4 Å². The molecule has 0 bridgehead atoms. The summed E-state index contributed by atoms with van der Waals surface area (Å²) in [4.78, 5) is 23.1. The van der Waals surface area contributed by atoms with Gasteiger partial charge in [-0.15, -0.1) is 12.4 Å². The Balaban J connectivity index is 0.00000245. The summed E-state index contributed by atoms with van der Waals surface area (Å²) < 4.78 is 0. The van der Waals surface area contributed by atoms with Gasteiger partial charge in [0, 0.05) is 61.9 Å². The maximum Gasteiger partial charge on any atom is 0.220 e. The van der Waals surface area contributed by atoms with Gasteiger partial charge in [0.15, 0.2) is 0 Å². The van der Waals surface area contributed by atoms with Crippen LogP contribution in [0, 0.1) is 0 Å². The minimum Gasteiger partial charge on any atom is -0.369 e. The number of amides is 1. The van der Waals surface area contributed by atoms with E-state index in [0.29, 0.717) is 0 Å². The van der Waals surface area contributed by atoms with Crippen molar-refractivity contribution in [3.8, 4) is 0 Å². The maximum atomic E-state index is 12.4. The molecule has 1 aromatic heterocycles. The number of aromatic amines is 1. The molecule has 0 saturated carbocycles. The molecule has 0 radical (unpaired) electrons. The number of piperazine rings is 1. The minimum atomic E-state index is 0. The maximum absolute atomic E-state index is 12.4. The predicted molar refractivity (Wildman–Crippen MR) is 134 cm³/mol. The summed E-state index contributed by atoms with van der Waals surface area (Å²) in [5.74, 6) is 0.186. The molecule has 2 aliphatic rings. The molecule has 0 spiro atoms. The van der Waals surface area contributed by atoms with Gasteiger partial charge < -0.3 is 14.8 Å². The average molecular weight is 453 g/mol. The molecular formula is C26H33ClN4O. The van der Waals surface area contributed by atoms with E-state index in [-0.39, 0.29) is 24.4 Å². The van der Waals surface area contributed by atoms with Gasteiger partial charge in [0.25, 0.3) is 0 Å². The lowest BCUT2D eigenvalue weighted by atomic mass is 9.94. The highest BCUT2D eigenvalue weighted by atomic mass is 35.5. The van der Waals surface area contributed by atoms with E-state index < -0.39 is 0 Å². The summed E-state index contributed by atoms with van der Waals surface area (Å²) in [6.07, 6.45) is 3.06. The number of fused-ring (bicyclic) bond motifs is 3. The molecule has 3 heterocycles. The molecule has 1 fully saturated rings. The minimum absolute atomic E-state index is 0. The van der Waals surface area contributed by atoms with Gasteiger partial charge in [-0.1, -0.05) is 36.4 Å². The lowest BCUT2D eigenvalue weighted by Crippen LogP contribution is -2.46. The molecule has 1 atom stereocenters. The van der Waals surface area contributed by atoms with E-state index in [1.165, 1.54) is 27.8 Å². The highest BCUT2D eigenvalue weighted by molar-refractivity contribution is 5.86. The zero-order valence-electron chi connectivity index (χ0n) is 18.8. The van der Waals surface area contributed by atoms with Gasteiger partial charge >= 0.3 is 0 Å². The molecule has 1 amide bonds. The van der Waals surface area contributed by atoms with Gasteiger partial charge in [0.05, 0.1) is 6.04 Å². The quantitative estimate of drug-likeness (QED) is 0.613. The average Bonchev–Trinajstić information content (AvgIpc) is 3.19. The molecule has 1 unspecified atom stereocenters. The van der Waals surface area contributed by atoms with Crippen molar-refractivity contribution in [1.82, 2.24) is 14.8 Å². The first-order valence-corrected chi connectivity index (χ1v) is 11.6. The van der Waals surface area contributed by atoms with Crippen molar-refractivity contribution in [2.24, 2.45) is 0 Å². The number of hydrogen-bond acceptors (Lipinski definition) is 3. The van der Waals surface area contributed by atoms with E-state index in [1.54, 1.807) is 6.92 Å². The van der Waals surface area contributed by atoms with Crippen LogP contribution in [0.5, 0.6) is 0 Å². The number of aromatic nitrogens is 1. The Bertz CT molecular complexity index is 1040. The molecular weight excluding hydrogens is 420 g/mol. The third-order valence-corrected chi connectivity index (χ3v) is 7.01. The largest absolute Gasteiger partial charge is 0.369 e. The first-order valence-electron chi connectivity index (χ1n) is 11.6. The van der Waals surface area contributed by atoms with Gasteiger partial charge in [-0.2, -0.15) is 0 Å². The number of nitrogens with one attached hydrogen (secondary N) is 1. The van der Waals surface area contributed by atoms with Crippen molar-refractivity contribution in [3.05, 3.63) is 65.9 Å². The normalized spacial score (nSPS) is 19.0. The van der Waals surface area contributed by atoms with Crippen LogP contribution in [-0.4, -0.2) is 60.0 Å². The van der Waals surface area contributed by atoms with Crippen molar-refractivity contribution >= 4 is 34.9 Å². The Kier molecular flexibility index (Phi) is 7.07. The number of anilines is 1. The summed E-state index contributed by atoms with van der Waals surface area (Å²) in [7, 11) is 0. The van der Waals surface area contributed by atoms with Crippen molar-refractivity contribution in [2.45, 2.75) is 32.2 Å². The molecule has 1 N–H and O–H groups in total. The van der Waals surface area contributed by atoms with Crippen LogP contribution in [0.4, 0.5) is 5.69 Å². The monoisotopic (exact) mass is 452 g/mol. The number of hydrogen-bond donors (Lipinski definition) is 1. The lowest BCUT2D eigenvalue weighted by molar-refractivity contribution is -0.132. The SMILES string of the molecule is CC(=O)N1CCc2c([nH]c3ccccc23)C1CCCN1CCN(c2ccccc2)CC1.Cl. The highest BCUT2D eigenvalue weighted by Gasteiger charge is 2.31. The molecule has 3 aromatic rings. The van der Waals surface area contributed by atoms with E-state index in [2.05, 4.69) is 74.3 Å². The third-order valence-electron chi connectivity index (χ3n) is 7.01. The first kappa shape index (κ1) is 22.7. The number of nitrogens with zero attached hydrogens (tertiary/aromatic N) is 3. The fourth-order valence-electron chi connectivity index (χ4n) is 5.37.